The Morgan fingerprint density at radius 2 is 1.95 bits per heavy atom. The smallest absolute Gasteiger partial charge is 0.315 e. The lowest BCUT2D eigenvalue weighted by molar-refractivity contribution is -0.142. The van der Waals surface area contributed by atoms with Crippen molar-refractivity contribution in [2.45, 2.75) is 39.7 Å². The van der Waals surface area contributed by atoms with Crippen LogP contribution in [0.3, 0.4) is 0 Å². The number of hydrogen-bond acceptors (Lipinski definition) is 3. The highest BCUT2D eigenvalue weighted by atomic mass is 16.5. The number of carboxylic acids is 1. The molecule has 0 saturated carbocycles. The Kier molecular flexibility index (Phi) is 8.95. The third-order valence-electron chi connectivity index (χ3n) is 2.94. The summed E-state index contributed by atoms with van der Waals surface area (Å²) in [5, 5.41) is 14.4. The van der Waals surface area contributed by atoms with Gasteiger partial charge < -0.3 is 20.5 Å². The molecule has 0 aliphatic heterocycles. The molecule has 0 spiro atoms. The van der Waals surface area contributed by atoms with Crippen LogP contribution in [-0.2, 0) is 9.53 Å². The SMILES string of the molecule is CCCC(COC)NC(=O)NCC(C(=O)O)C(C)C. The zero-order chi connectivity index (χ0) is 14.8. The van der Waals surface area contributed by atoms with Gasteiger partial charge in [-0.2, -0.15) is 0 Å². The fraction of sp³-hybridized carbons (Fsp3) is 0.846. The number of nitrogens with one attached hydrogen (secondary N) is 2. The molecule has 0 bridgehead atoms. The lowest BCUT2D eigenvalue weighted by Gasteiger charge is -2.20. The first kappa shape index (κ1) is 17.7. The first-order valence-corrected chi connectivity index (χ1v) is 6.68. The van der Waals surface area contributed by atoms with Crippen LogP contribution < -0.4 is 10.6 Å². The summed E-state index contributed by atoms with van der Waals surface area (Å²) >= 11 is 0. The summed E-state index contributed by atoms with van der Waals surface area (Å²) in [6.45, 7) is 6.26. The van der Waals surface area contributed by atoms with Crippen molar-refractivity contribution in [1.29, 1.82) is 0 Å². The van der Waals surface area contributed by atoms with E-state index in [0.717, 1.165) is 12.8 Å². The van der Waals surface area contributed by atoms with E-state index in [1.165, 1.54) is 0 Å². The zero-order valence-corrected chi connectivity index (χ0v) is 12.2. The Bertz CT molecular complexity index is 276. The number of ether oxygens (including phenoxy) is 1. The van der Waals surface area contributed by atoms with Gasteiger partial charge in [-0.25, -0.2) is 4.79 Å². The highest BCUT2D eigenvalue weighted by Crippen LogP contribution is 2.09. The van der Waals surface area contributed by atoms with Gasteiger partial charge in [-0.15, -0.1) is 0 Å². The summed E-state index contributed by atoms with van der Waals surface area (Å²) in [7, 11) is 1.58. The molecule has 2 unspecified atom stereocenters. The van der Waals surface area contributed by atoms with E-state index in [9.17, 15) is 9.59 Å². The van der Waals surface area contributed by atoms with Crippen molar-refractivity contribution in [3.63, 3.8) is 0 Å². The minimum Gasteiger partial charge on any atom is -0.481 e. The summed E-state index contributed by atoms with van der Waals surface area (Å²) in [6.07, 6.45) is 1.77. The molecule has 2 atom stereocenters. The van der Waals surface area contributed by atoms with Crippen LogP contribution in [0.1, 0.15) is 33.6 Å². The third-order valence-corrected chi connectivity index (χ3v) is 2.94. The topological polar surface area (TPSA) is 87.7 Å². The normalized spacial score (nSPS) is 13.9. The van der Waals surface area contributed by atoms with Crippen molar-refractivity contribution < 1.29 is 19.4 Å². The summed E-state index contributed by atoms with van der Waals surface area (Å²) in [5.41, 5.74) is 0. The fourth-order valence-corrected chi connectivity index (χ4v) is 1.79. The first-order valence-electron chi connectivity index (χ1n) is 6.68. The van der Waals surface area contributed by atoms with E-state index in [1.807, 2.05) is 20.8 Å². The molecule has 0 saturated heterocycles. The van der Waals surface area contributed by atoms with Crippen molar-refractivity contribution in [2.75, 3.05) is 20.3 Å². The predicted molar refractivity (Wildman–Crippen MR) is 73.1 cm³/mol. The molecule has 0 aromatic rings. The van der Waals surface area contributed by atoms with Crippen LogP contribution in [0, 0.1) is 11.8 Å². The molecule has 0 aromatic carbocycles. The minimum atomic E-state index is -0.891. The van der Waals surface area contributed by atoms with Gasteiger partial charge >= 0.3 is 12.0 Å². The maximum Gasteiger partial charge on any atom is 0.315 e. The second kappa shape index (κ2) is 9.61. The van der Waals surface area contributed by atoms with Gasteiger partial charge in [0.2, 0.25) is 0 Å². The summed E-state index contributed by atoms with van der Waals surface area (Å²) in [6, 6.07) is -0.389. The Labute approximate surface area is 114 Å². The lowest BCUT2D eigenvalue weighted by Crippen LogP contribution is -2.46. The fourth-order valence-electron chi connectivity index (χ4n) is 1.79. The Morgan fingerprint density at radius 1 is 1.32 bits per heavy atom. The molecule has 112 valence electrons. The highest BCUT2D eigenvalue weighted by molar-refractivity contribution is 5.76. The van der Waals surface area contributed by atoms with Crippen molar-refractivity contribution in [3.05, 3.63) is 0 Å². The standard InChI is InChI=1S/C13H26N2O4/c1-5-6-10(8-19-4)15-13(18)14-7-11(9(2)3)12(16)17/h9-11H,5-8H2,1-4H3,(H,16,17)(H2,14,15,18). The molecule has 19 heavy (non-hydrogen) atoms. The number of carbonyl (C=O) groups excluding carboxylic acids is 1. The number of carbonyl (C=O) groups is 2. The Morgan fingerprint density at radius 3 is 2.37 bits per heavy atom. The molecule has 0 heterocycles. The largest absolute Gasteiger partial charge is 0.481 e. The molecule has 3 N–H and O–H groups in total. The number of carboxylic acid groups (broad SMARTS) is 1. The molecule has 6 heteroatoms. The van der Waals surface area contributed by atoms with Crippen molar-refractivity contribution >= 4 is 12.0 Å². The van der Waals surface area contributed by atoms with Crippen LogP contribution in [0.4, 0.5) is 4.79 Å². The number of hydrogen-bond donors (Lipinski definition) is 3. The second-order valence-corrected chi connectivity index (χ2v) is 4.98. The molecular formula is C13H26N2O4. The number of rotatable bonds is 9. The predicted octanol–water partition coefficient (Wildman–Crippen LogP) is 1.46. The lowest BCUT2D eigenvalue weighted by atomic mass is 9.96. The van der Waals surface area contributed by atoms with Gasteiger partial charge in [0, 0.05) is 13.7 Å². The van der Waals surface area contributed by atoms with Crippen LogP contribution in [0.15, 0.2) is 0 Å². The summed E-state index contributed by atoms with van der Waals surface area (Å²) in [5.74, 6) is -1.49. The molecule has 0 radical (unpaired) electrons. The van der Waals surface area contributed by atoms with Crippen LogP contribution in [-0.4, -0.2) is 43.4 Å². The molecule has 0 fully saturated rings. The maximum atomic E-state index is 11.7. The van der Waals surface area contributed by atoms with E-state index in [4.69, 9.17) is 9.84 Å². The van der Waals surface area contributed by atoms with Gasteiger partial charge in [0.05, 0.1) is 18.6 Å². The van der Waals surface area contributed by atoms with E-state index >= 15 is 0 Å². The summed E-state index contributed by atoms with van der Waals surface area (Å²) in [4.78, 5) is 22.7. The second-order valence-electron chi connectivity index (χ2n) is 4.98. The monoisotopic (exact) mass is 274 g/mol. The van der Waals surface area contributed by atoms with Gasteiger partial charge in [0.25, 0.3) is 0 Å². The van der Waals surface area contributed by atoms with Crippen LogP contribution in [0.5, 0.6) is 0 Å². The van der Waals surface area contributed by atoms with Crippen LogP contribution >= 0.6 is 0 Å². The average Bonchev–Trinajstić information content (AvgIpc) is 2.28. The summed E-state index contributed by atoms with van der Waals surface area (Å²) < 4.78 is 5.02. The Hall–Kier alpha value is -1.30. The average molecular weight is 274 g/mol. The molecule has 6 nitrogen and oxygen atoms in total. The van der Waals surface area contributed by atoms with Crippen molar-refractivity contribution in [1.82, 2.24) is 10.6 Å². The number of aliphatic carboxylic acids is 1. The van der Waals surface area contributed by atoms with Crippen molar-refractivity contribution in [3.8, 4) is 0 Å². The first-order chi connectivity index (χ1) is 8.92. The van der Waals surface area contributed by atoms with Gasteiger partial charge in [0.15, 0.2) is 0 Å². The minimum absolute atomic E-state index is 0.0248. The zero-order valence-electron chi connectivity index (χ0n) is 12.2. The van der Waals surface area contributed by atoms with Gasteiger partial charge in [-0.05, 0) is 12.3 Å². The quantitative estimate of drug-likeness (QED) is 0.594. The number of methoxy groups -OCH3 is 1. The third kappa shape index (κ3) is 7.66. The van der Waals surface area contributed by atoms with Gasteiger partial charge in [0.1, 0.15) is 0 Å². The highest BCUT2D eigenvalue weighted by Gasteiger charge is 2.22. The maximum absolute atomic E-state index is 11.7. The van der Waals surface area contributed by atoms with Crippen LogP contribution in [0.2, 0.25) is 0 Å². The molecule has 0 aromatic heterocycles. The molecule has 0 aliphatic carbocycles. The van der Waals surface area contributed by atoms with E-state index in [0.29, 0.717) is 6.61 Å². The van der Waals surface area contributed by atoms with Gasteiger partial charge in [-0.1, -0.05) is 27.2 Å². The van der Waals surface area contributed by atoms with Crippen molar-refractivity contribution in [2.24, 2.45) is 11.8 Å². The Balaban J connectivity index is 4.17. The van der Waals surface area contributed by atoms with Gasteiger partial charge in [-0.3, -0.25) is 4.79 Å². The van der Waals surface area contributed by atoms with E-state index < -0.39 is 11.9 Å². The molecule has 0 aliphatic rings. The van der Waals surface area contributed by atoms with E-state index in [-0.39, 0.29) is 24.5 Å². The molecule has 0 rings (SSSR count). The number of amides is 2. The molecular weight excluding hydrogens is 248 g/mol. The van der Waals surface area contributed by atoms with E-state index in [2.05, 4.69) is 10.6 Å². The number of urea groups is 1. The van der Waals surface area contributed by atoms with E-state index in [1.54, 1.807) is 7.11 Å². The van der Waals surface area contributed by atoms with Crippen LogP contribution in [0.25, 0.3) is 0 Å². The molecule has 2 amide bonds.